The number of carbonyl (C=O) groups is 1. The highest BCUT2D eigenvalue weighted by atomic mass is 16.4. The third-order valence-corrected chi connectivity index (χ3v) is 5.10. The SMILES string of the molecule is CN1C[C@@H]2CN(C(=O)c3ccc4[nH]c(=O)oc4c3)C[C@]2(C)C1. The van der Waals surface area contributed by atoms with Crippen molar-refractivity contribution in [3.8, 4) is 0 Å². The highest BCUT2D eigenvalue weighted by molar-refractivity contribution is 5.97. The molecule has 6 nitrogen and oxygen atoms in total. The third kappa shape index (κ3) is 1.98. The van der Waals surface area contributed by atoms with Crippen molar-refractivity contribution >= 4 is 17.0 Å². The van der Waals surface area contributed by atoms with Gasteiger partial charge in [0.1, 0.15) is 0 Å². The molecule has 2 aromatic rings. The van der Waals surface area contributed by atoms with Crippen molar-refractivity contribution < 1.29 is 9.21 Å². The molecule has 0 aliphatic carbocycles. The molecule has 2 fully saturated rings. The monoisotopic (exact) mass is 301 g/mol. The van der Waals surface area contributed by atoms with E-state index in [4.69, 9.17) is 4.42 Å². The zero-order chi connectivity index (χ0) is 15.5. The molecule has 1 N–H and O–H groups in total. The molecule has 1 aromatic heterocycles. The predicted octanol–water partition coefficient (Wildman–Crippen LogP) is 1.14. The number of carbonyl (C=O) groups excluding carboxylic acids is 1. The average Bonchev–Trinajstić information content (AvgIpc) is 3.04. The van der Waals surface area contributed by atoms with Crippen LogP contribution in [0.3, 0.4) is 0 Å². The molecule has 1 amide bonds. The molecule has 0 saturated carbocycles. The predicted molar refractivity (Wildman–Crippen MR) is 81.8 cm³/mol. The smallest absolute Gasteiger partial charge is 0.408 e. The van der Waals surface area contributed by atoms with E-state index in [1.165, 1.54) is 0 Å². The van der Waals surface area contributed by atoms with Crippen molar-refractivity contribution in [1.29, 1.82) is 0 Å². The summed E-state index contributed by atoms with van der Waals surface area (Å²) in [6.07, 6.45) is 0. The Bertz CT molecular complexity index is 808. The van der Waals surface area contributed by atoms with E-state index in [1.54, 1.807) is 18.2 Å². The van der Waals surface area contributed by atoms with Gasteiger partial charge >= 0.3 is 5.76 Å². The molecule has 0 unspecified atom stereocenters. The van der Waals surface area contributed by atoms with Crippen molar-refractivity contribution in [2.45, 2.75) is 6.92 Å². The lowest BCUT2D eigenvalue weighted by Gasteiger charge is -2.24. The van der Waals surface area contributed by atoms with Crippen LogP contribution in [0.1, 0.15) is 17.3 Å². The minimum absolute atomic E-state index is 0.0176. The average molecular weight is 301 g/mol. The zero-order valence-corrected chi connectivity index (χ0v) is 12.8. The van der Waals surface area contributed by atoms with Crippen LogP contribution in [0.5, 0.6) is 0 Å². The first-order chi connectivity index (χ1) is 10.4. The minimum atomic E-state index is -0.495. The summed E-state index contributed by atoms with van der Waals surface area (Å²) in [5.41, 5.74) is 1.82. The van der Waals surface area contributed by atoms with Crippen molar-refractivity contribution in [1.82, 2.24) is 14.8 Å². The van der Waals surface area contributed by atoms with Gasteiger partial charge in [-0.15, -0.1) is 0 Å². The quantitative estimate of drug-likeness (QED) is 0.857. The molecule has 2 aliphatic rings. The maximum atomic E-state index is 12.7. The van der Waals surface area contributed by atoms with Crippen LogP contribution >= 0.6 is 0 Å². The minimum Gasteiger partial charge on any atom is -0.408 e. The molecule has 1 aromatic carbocycles. The van der Waals surface area contributed by atoms with Gasteiger partial charge in [0, 0.05) is 37.2 Å². The number of nitrogens with one attached hydrogen (secondary N) is 1. The summed E-state index contributed by atoms with van der Waals surface area (Å²) in [5, 5.41) is 0. The van der Waals surface area contributed by atoms with Gasteiger partial charge in [0.25, 0.3) is 5.91 Å². The molecule has 0 bridgehead atoms. The molecular formula is C16H19N3O3. The second-order valence-electron chi connectivity index (χ2n) is 6.96. The lowest BCUT2D eigenvalue weighted by Crippen LogP contribution is -2.34. The number of H-pyrrole nitrogens is 1. The lowest BCUT2D eigenvalue weighted by atomic mass is 9.83. The summed E-state index contributed by atoms with van der Waals surface area (Å²) in [4.78, 5) is 30.8. The van der Waals surface area contributed by atoms with Gasteiger partial charge in [-0.1, -0.05) is 6.92 Å². The van der Waals surface area contributed by atoms with Gasteiger partial charge in [-0.25, -0.2) is 4.79 Å². The first kappa shape index (κ1) is 13.6. The highest BCUT2D eigenvalue weighted by Crippen LogP contribution is 2.41. The number of benzene rings is 1. The maximum absolute atomic E-state index is 12.7. The second kappa shape index (κ2) is 4.46. The number of hydrogen-bond acceptors (Lipinski definition) is 4. The van der Waals surface area contributed by atoms with E-state index in [1.807, 2.05) is 4.90 Å². The van der Waals surface area contributed by atoms with Crippen molar-refractivity contribution in [3.05, 3.63) is 34.3 Å². The van der Waals surface area contributed by atoms with Crippen LogP contribution in [0.25, 0.3) is 11.1 Å². The number of nitrogens with zero attached hydrogens (tertiary/aromatic N) is 2. The van der Waals surface area contributed by atoms with Crippen LogP contribution in [-0.4, -0.2) is 53.9 Å². The van der Waals surface area contributed by atoms with Gasteiger partial charge in [0.15, 0.2) is 5.58 Å². The summed E-state index contributed by atoms with van der Waals surface area (Å²) in [6.45, 7) is 5.94. The molecular weight excluding hydrogens is 282 g/mol. The van der Waals surface area contributed by atoms with Gasteiger partial charge in [0.2, 0.25) is 0 Å². The van der Waals surface area contributed by atoms with Crippen molar-refractivity contribution in [3.63, 3.8) is 0 Å². The Labute approximate surface area is 127 Å². The molecule has 2 atom stereocenters. The molecule has 3 heterocycles. The van der Waals surface area contributed by atoms with Crippen LogP contribution in [-0.2, 0) is 0 Å². The molecule has 116 valence electrons. The van der Waals surface area contributed by atoms with Gasteiger partial charge in [-0.2, -0.15) is 0 Å². The lowest BCUT2D eigenvalue weighted by molar-refractivity contribution is 0.0765. The fourth-order valence-electron chi connectivity index (χ4n) is 4.05. The molecule has 0 radical (unpaired) electrons. The van der Waals surface area contributed by atoms with E-state index in [9.17, 15) is 9.59 Å². The standard InChI is InChI=1S/C16H19N3O3/c1-16-8-18(2)6-11(16)7-19(9-16)14(20)10-3-4-12-13(5-10)22-15(21)17-12/h3-5,11H,6-9H2,1-2H3,(H,17,21)/t11-,16+/m1/s1. The Hall–Kier alpha value is -2.08. The van der Waals surface area contributed by atoms with E-state index in [0.29, 0.717) is 22.6 Å². The maximum Gasteiger partial charge on any atom is 0.417 e. The van der Waals surface area contributed by atoms with E-state index in [-0.39, 0.29) is 11.3 Å². The largest absolute Gasteiger partial charge is 0.417 e. The summed E-state index contributed by atoms with van der Waals surface area (Å²) >= 11 is 0. The highest BCUT2D eigenvalue weighted by Gasteiger charge is 2.49. The number of likely N-dealkylation sites (tertiary alicyclic amines) is 2. The number of rotatable bonds is 1. The van der Waals surface area contributed by atoms with Crippen LogP contribution in [0.2, 0.25) is 0 Å². The molecule has 2 saturated heterocycles. The Morgan fingerprint density at radius 3 is 2.95 bits per heavy atom. The number of oxazole rings is 1. The summed E-state index contributed by atoms with van der Waals surface area (Å²) in [5.74, 6) is 0.0604. The van der Waals surface area contributed by atoms with E-state index < -0.39 is 5.76 Å². The van der Waals surface area contributed by atoms with E-state index in [0.717, 1.165) is 26.2 Å². The third-order valence-electron chi connectivity index (χ3n) is 5.10. The number of fused-ring (bicyclic) bond motifs is 2. The zero-order valence-electron chi connectivity index (χ0n) is 12.8. The van der Waals surface area contributed by atoms with E-state index >= 15 is 0 Å². The van der Waals surface area contributed by atoms with Gasteiger partial charge < -0.3 is 14.2 Å². The normalized spacial score (nSPS) is 28.5. The molecule has 2 aliphatic heterocycles. The van der Waals surface area contributed by atoms with Gasteiger partial charge in [-0.05, 0) is 31.2 Å². The Morgan fingerprint density at radius 1 is 1.36 bits per heavy atom. The van der Waals surface area contributed by atoms with Crippen molar-refractivity contribution in [2.24, 2.45) is 11.3 Å². The number of amides is 1. The van der Waals surface area contributed by atoms with Gasteiger partial charge in [0.05, 0.1) is 5.52 Å². The van der Waals surface area contributed by atoms with Crippen LogP contribution < -0.4 is 5.76 Å². The second-order valence-corrected chi connectivity index (χ2v) is 6.96. The molecule has 4 rings (SSSR count). The summed E-state index contributed by atoms with van der Waals surface area (Å²) < 4.78 is 5.04. The Kier molecular flexibility index (Phi) is 2.75. The van der Waals surface area contributed by atoms with Crippen LogP contribution in [0.4, 0.5) is 0 Å². The molecule has 22 heavy (non-hydrogen) atoms. The fraction of sp³-hybridized carbons (Fsp3) is 0.500. The summed E-state index contributed by atoms with van der Waals surface area (Å²) in [6, 6.07) is 5.12. The Morgan fingerprint density at radius 2 is 2.18 bits per heavy atom. The first-order valence-electron chi connectivity index (χ1n) is 7.55. The van der Waals surface area contributed by atoms with Gasteiger partial charge in [-0.3, -0.25) is 9.78 Å². The first-order valence-corrected chi connectivity index (χ1v) is 7.55. The number of aromatic nitrogens is 1. The molecule has 0 spiro atoms. The van der Waals surface area contributed by atoms with Crippen molar-refractivity contribution in [2.75, 3.05) is 33.2 Å². The van der Waals surface area contributed by atoms with E-state index in [2.05, 4.69) is 23.9 Å². The number of aromatic amines is 1. The topological polar surface area (TPSA) is 69.6 Å². The van der Waals surface area contributed by atoms with Crippen LogP contribution in [0, 0.1) is 11.3 Å². The Balaban J connectivity index is 1.60. The number of hydrogen-bond donors (Lipinski definition) is 1. The molecule has 6 heteroatoms. The fourth-order valence-corrected chi connectivity index (χ4v) is 4.05. The van der Waals surface area contributed by atoms with Crippen LogP contribution in [0.15, 0.2) is 27.4 Å². The summed E-state index contributed by atoms with van der Waals surface area (Å²) in [7, 11) is 2.14.